The van der Waals surface area contributed by atoms with Crippen LogP contribution in [0.2, 0.25) is 5.02 Å². The lowest BCUT2D eigenvalue weighted by atomic mass is 10.1. The van der Waals surface area contributed by atoms with Crippen LogP contribution in [0.5, 0.6) is 0 Å². The molecule has 3 nitrogen and oxygen atoms in total. The van der Waals surface area contributed by atoms with Gasteiger partial charge < -0.3 is 10.2 Å². The van der Waals surface area contributed by atoms with E-state index in [0.717, 1.165) is 3.57 Å². The molecule has 1 atom stereocenters. The zero-order chi connectivity index (χ0) is 10.0. The number of halogens is 2. The van der Waals surface area contributed by atoms with Crippen molar-refractivity contribution in [3.05, 3.63) is 32.4 Å². The molecule has 0 saturated carbocycles. The fourth-order valence-corrected chi connectivity index (χ4v) is 1.59. The largest absolute Gasteiger partial charge is 0.479 e. The minimum atomic E-state index is -1.55. The Kier molecular flexibility index (Phi) is 3.52. The van der Waals surface area contributed by atoms with Crippen molar-refractivity contribution in [3.8, 4) is 0 Å². The number of carbonyl (C=O) groups is 1. The smallest absolute Gasteiger partial charge is 0.337 e. The van der Waals surface area contributed by atoms with Gasteiger partial charge in [0.1, 0.15) is 0 Å². The number of carboxylic acid groups (broad SMARTS) is 1. The van der Waals surface area contributed by atoms with Crippen LogP contribution in [0.1, 0.15) is 11.7 Å². The van der Waals surface area contributed by atoms with Crippen LogP contribution in [0.25, 0.3) is 0 Å². The molecule has 1 aromatic rings. The number of aliphatic hydroxyl groups is 1. The third-order valence-electron chi connectivity index (χ3n) is 1.49. The first-order chi connectivity index (χ1) is 6.02. The molecule has 0 aliphatic carbocycles. The second kappa shape index (κ2) is 4.26. The van der Waals surface area contributed by atoms with Crippen LogP contribution in [0.4, 0.5) is 0 Å². The first-order valence-corrected chi connectivity index (χ1v) is 4.84. The van der Waals surface area contributed by atoms with Crippen LogP contribution in [0, 0.1) is 3.57 Å². The normalized spacial score (nSPS) is 12.5. The summed E-state index contributed by atoms with van der Waals surface area (Å²) in [7, 11) is 0. The van der Waals surface area contributed by atoms with Crippen molar-refractivity contribution in [1.29, 1.82) is 0 Å². The summed E-state index contributed by atoms with van der Waals surface area (Å²) in [5.41, 5.74) is 0.223. The van der Waals surface area contributed by atoms with Gasteiger partial charge in [-0.15, -0.1) is 0 Å². The molecular formula is C8H6ClIO3. The first kappa shape index (κ1) is 10.7. The van der Waals surface area contributed by atoms with Crippen molar-refractivity contribution < 1.29 is 15.0 Å². The Bertz CT molecular complexity index is 340. The van der Waals surface area contributed by atoms with Gasteiger partial charge in [0.25, 0.3) is 0 Å². The van der Waals surface area contributed by atoms with Crippen molar-refractivity contribution in [2.24, 2.45) is 0 Å². The molecule has 1 aromatic carbocycles. The van der Waals surface area contributed by atoms with Crippen LogP contribution >= 0.6 is 34.2 Å². The molecule has 13 heavy (non-hydrogen) atoms. The highest BCUT2D eigenvalue weighted by Crippen LogP contribution is 2.24. The zero-order valence-electron chi connectivity index (χ0n) is 6.37. The van der Waals surface area contributed by atoms with E-state index >= 15 is 0 Å². The second-order valence-electron chi connectivity index (χ2n) is 2.41. The number of rotatable bonds is 2. The van der Waals surface area contributed by atoms with E-state index in [0.29, 0.717) is 0 Å². The molecule has 0 radical (unpaired) electrons. The molecule has 0 bridgehead atoms. The van der Waals surface area contributed by atoms with E-state index in [-0.39, 0.29) is 10.6 Å². The summed E-state index contributed by atoms with van der Waals surface area (Å²) in [5.74, 6) is -1.30. The maximum atomic E-state index is 10.5. The van der Waals surface area contributed by atoms with Gasteiger partial charge >= 0.3 is 5.97 Å². The van der Waals surface area contributed by atoms with Gasteiger partial charge in [0, 0.05) is 14.2 Å². The van der Waals surface area contributed by atoms with Gasteiger partial charge in [-0.1, -0.05) is 11.6 Å². The lowest BCUT2D eigenvalue weighted by molar-refractivity contribution is -0.146. The highest BCUT2D eigenvalue weighted by Gasteiger charge is 2.18. The fraction of sp³-hybridized carbons (Fsp3) is 0.125. The number of aliphatic carboxylic acids is 1. The highest BCUT2D eigenvalue weighted by atomic mass is 127. The first-order valence-electron chi connectivity index (χ1n) is 3.38. The average Bonchev–Trinajstić information content (AvgIpc) is 2.08. The van der Waals surface area contributed by atoms with Gasteiger partial charge in [-0.3, -0.25) is 0 Å². The molecule has 0 spiro atoms. The van der Waals surface area contributed by atoms with E-state index < -0.39 is 12.1 Å². The Balaban J connectivity index is 3.12. The summed E-state index contributed by atoms with van der Waals surface area (Å²) < 4.78 is 0.831. The molecule has 0 fully saturated rings. The van der Waals surface area contributed by atoms with Gasteiger partial charge in [-0.2, -0.15) is 0 Å². The predicted molar refractivity (Wildman–Crippen MR) is 56.8 cm³/mol. The molecule has 0 heterocycles. The average molecular weight is 312 g/mol. The maximum absolute atomic E-state index is 10.5. The van der Waals surface area contributed by atoms with Gasteiger partial charge in [0.2, 0.25) is 0 Å². The van der Waals surface area contributed by atoms with Crippen LogP contribution < -0.4 is 0 Å². The standard InChI is InChI=1S/C8H6ClIO3/c9-6-2-1-4(10)3-5(6)7(11)8(12)13/h1-3,7,11H,(H,12,13). The molecule has 1 unspecified atom stereocenters. The van der Waals surface area contributed by atoms with Crippen molar-refractivity contribution >= 4 is 40.2 Å². The van der Waals surface area contributed by atoms with Crippen molar-refractivity contribution in [3.63, 3.8) is 0 Å². The van der Waals surface area contributed by atoms with E-state index in [4.69, 9.17) is 16.7 Å². The third-order valence-corrected chi connectivity index (χ3v) is 2.50. The van der Waals surface area contributed by atoms with Gasteiger partial charge in [-0.25, -0.2) is 4.79 Å². The fourth-order valence-electron chi connectivity index (χ4n) is 0.857. The maximum Gasteiger partial charge on any atom is 0.337 e. The summed E-state index contributed by atoms with van der Waals surface area (Å²) >= 11 is 7.72. The Hall–Kier alpha value is -0.330. The molecule has 70 valence electrons. The number of aliphatic hydroxyl groups excluding tert-OH is 1. The Morgan fingerprint density at radius 2 is 2.15 bits per heavy atom. The molecule has 0 aliphatic rings. The van der Waals surface area contributed by atoms with Crippen LogP contribution in [0.15, 0.2) is 18.2 Å². The summed E-state index contributed by atoms with van der Waals surface area (Å²) in [6.45, 7) is 0. The van der Waals surface area contributed by atoms with Crippen LogP contribution in [-0.2, 0) is 4.79 Å². The minimum absolute atomic E-state index is 0.223. The number of carboxylic acids is 1. The van der Waals surface area contributed by atoms with Crippen molar-refractivity contribution in [1.82, 2.24) is 0 Å². The van der Waals surface area contributed by atoms with Crippen LogP contribution in [-0.4, -0.2) is 16.2 Å². The van der Waals surface area contributed by atoms with Crippen molar-refractivity contribution in [2.75, 3.05) is 0 Å². The molecule has 0 amide bonds. The zero-order valence-corrected chi connectivity index (χ0v) is 9.28. The monoisotopic (exact) mass is 312 g/mol. The molecular weight excluding hydrogens is 306 g/mol. The van der Waals surface area contributed by atoms with Crippen LogP contribution in [0.3, 0.4) is 0 Å². The van der Waals surface area contributed by atoms with E-state index in [1.165, 1.54) is 0 Å². The predicted octanol–water partition coefficient (Wildman–Crippen LogP) is 2.06. The summed E-state index contributed by atoms with van der Waals surface area (Å²) in [4.78, 5) is 10.5. The topological polar surface area (TPSA) is 57.5 Å². The molecule has 0 aromatic heterocycles. The lowest BCUT2D eigenvalue weighted by Gasteiger charge is -2.07. The van der Waals surface area contributed by atoms with Crippen molar-refractivity contribution in [2.45, 2.75) is 6.10 Å². The number of benzene rings is 1. The SMILES string of the molecule is O=C(O)C(O)c1cc(I)ccc1Cl. The molecule has 5 heteroatoms. The molecule has 2 N–H and O–H groups in total. The highest BCUT2D eigenvalue weighted by molar-refractivity contribution is 14.1. The minimum Gasteiger partial charge on any atom is -0.479 e. The Labute approximate surface area is 93.5 Å². The van der Waals surface area contributed by atoms with E-state index in [1.54, 1.807) is 18.2 Å². The van der Waals surface area contributed by atoms with Gasteiger partial charge in [-0.05, 0) is 40.8 Å². The van der Waals surface area contributed by atoms with E-state index in [1.807, 2.05) is 22.6 Å². The lowest BCUT2D eigenvalue weighted by Crippen LogP contribution is -2.11. The summed E-state index contributed by atoms with van der Waals surface area (Å²) in [5, 5.41) is 18.0. The molecule has 0 saturated heterocycles. The summed E-state index contributed by atoms with van der Waals surface area (Å²) in [6, 6.07) is 4.84. The number of hydrogen-bond donors (Lipinski definition) is 2. The Morgan fingerprint density at radius 3 is 2.69 bits per heavy atom. The number of hydrogen-bond acceptors (Lipinski definition) is 2. The van der Waals surface area contributed by atoms with E-state index in [2.05, 4.69) is 0 Å². The molecule has 0 aliphatic heterocycles. The van der Waals surface area contributed by atoms with Gasteiger partial charge in [0.15, 0.2) is 6.10 Å². The second-order valence-corrected chi connectivity index (χ2v) is 4.06. The quantitative estimate of drug-likeness (QED) is 0.822. The van der Waals surface area contributed by atoms with E-state index in [9.17, 15) is 9.90 Å². The summed E-state index contributed by atoms with van der Waals surface area (Å²) in [6.07, 6.45) is -1.55. The third kappa shape index (κ3) is 2.55. The Morgan fingerprint density at radius 1 is 1.54 bits per heavy atom. The van der Waals surface area contributed by atoms with Gasteiger partial charge in [0.05, 0.1) is 0 Å². The molecule has 1 rings (SSSR count).